The average Bonchev–Trinajstić information content (AvgIpc) is 2.67. The van der Waals surface area contributed by atoms with Crippen molar-refractivity contribution in [3.8, 4) is 0 Å². The van der Waals surface area contributed by atoms with Crippen molar-refractivity contribution >= 4 is 17.2 Å². The highest BCUT2D eigenvalue weighted by atomic mass is 16.3. The topological polar surface area (TPSA) is 25.5 Å². The van der Waals surface area contributed by atoms with Crippen molar-refractivity contribution < 1.29 is 4.42 Å². The molecule has 64 valence electrons. The summed E-state index contributed by atoms with van der Waals surface area (Å²) >= 11 is 0. The van der Waals surface area contributed by atoms with E-state index in [4.69, 9.17) is 4.42 Å². The summed E-state index contributed by atoms with van der Waals surface area (Å²) in [6.45, 7) is 2.05. The van der Waals surface area contributed by atoms with Gasteiger partial charge in [0.05, 0.1) is 0 Å². The van der Waals surface area contributed by atoms with Crippen LogP contribution in [0, 0.1) is 0 Å². The molecule has 1 aliphatic rings. The molecular weight excluding hydrogens is 162 g/mol. The molecule has 0 saturated carbocycles. The van der Waals surface area contributed by atoms with E-state index in [9.17, 15) is 0 Å². The van der Waals surface area contributed by atoms with E-state index >= 15 is 0 Å². The number of para-hydroxylation sites is 1. The van der Waals surface area contributed by atoms with E-state index in [1.165, 1.54) is 5.39 Å². The number of benzene rings is 1. The van der Waals surface area contributed by atoms with Crippen LogP contribution in [0.15, 0.2) is 33.7 Å². The maximum absolute atomic E-state index is 5.70. The van der Waals surface area contributed by atoms with Crippen LogP contribution in [0.5, 0.6) is 0 Å². The van der Waals surface area contributed by atoms with Gasteiger partial charge in [-0.3, -0.25) is 4.99 Å². The molecule has 0 bridgehead atoms. The highest BCUT2D eigenvalue weighted by Crippen LogP contribution is 2.33. The molecule has 2 aromatic rings. The smallest absolute Gasteiger partial charge is 0.138 e. The molecule has 0 fully saturated rings. The van der Waals surface area contributed by atoms with Crippen molar-refractivity contribution in [2.24, 2.45) is 4.99 Å². The molecule has 13 heavy (non-hydrogen) atoms. The van der Waals surface area contributed by atoms with Gasteiger partial charge in [-0.25, -0.2) is 0 Å². The van der Waals surface area contributed by atoms with Crippen LogP contribution in [0.4, 0.5) is 0 Å². The Labute approximate surface area is 75.9 Å². The van der Waals surface area contributed by atoms with E-state index in [0.717, 1.165) is 16.9 Å². The summed E-state index contributed by atoms with van der Waals surface area (Å²) < 4.78 is 5.70. The Kier molecular flexibility index (Phi) is 1.18. The Hall–Kier alpha value is -1.57. The van der Waals surface area contributed by atoms with E-state index < -0.39 is 0 Å². The molecule has 0 radical (unpaired) electrons. The first-order valence-corrected chi connectivity index (χ1v) is 4.41. The molecule has 1 aromatic heterocycles. The molecule has 1 aliphatic heterocycles. The Bertz CT molecular complexity index is 496. The van der Waals surface area contributed by atoms with Gasteiger partial charge in [0.1, 0.15) is 17.4 Å². The van der Waals surface area contributed by atoms with Crippen LogP contribution < -0.4 is 0 Å². The molecule has 2 nitrogen and oxygen atoms in total. The lowest BCUT2D eigenvalue weighted by Gasteiger charge is -1.93. The molecule has 0 amide bonds. The Morgan fingerprint density at radius 1 is 1.31 bits per heavy atom. The average molecular weight is 171 g/mol. The second-order valence-electron chi connectivity index (χ2n) is 3.33. The second kappa shape index (κ2) is 2.22. The number of hydrogen-bond acceptors (Lipinski definition) is 2. The number of hydrogen-bond donors (Lipinski definition) is 0. The van der Waals surface area contributed by atoms with Crippen LogP contribution in [0.3, 0.4) is 0 Å². The predicted molar refractivity (Wildman–Crippen MR) is 52.2 cm³/mol. The summed E-state index contributed by atoms with van der Waals surface area (Å²) in [6.07, 6.45) is 1.91. The number of nitrogens with zero attached hydrogens (tertiary/aromatic N) is 1. The molecule has 0 spiro atoms. The minimum Gasteiger partial charge on any atom is -0.458 e. The van der Waals surface area contributed by atoms with Crippen LogP contribution in [-0.2, 0) is 0 Å². The lowest BCUT2D eigenvalue weighted by atomic mass is 10.1. The molecule has 0 N–H and O–H groups in total. The van der Waals surface area contributed by atoms with Gasteiger partial charge in [-0.05, 0) is 13.0 Å². The minimum atomic E-state index is 0.183. The fourth-order valence-corrected chi connectivity index (χ4v) is 1.78. The normalized spacial score (nSPS) is 19.6. The fraction of sp³-hybridized carbons (Fsp3) is 0.182. The van der Waals surface area contributed by atoms with E-state index in [1.54, 1.807) is 0 Å². The number of furan rings is 1. The molecule has 2 heterocycles. The fourth-order valence-electron chi connectivity index (χ4n) is 1.78. The molecule has 3 rings (SSSR count). The maximum Gasteiger partial charge on any atom is 0.138 e. The third-order valence-electron chi connectivity index (χ3n) is 2.47. The van der Waals surface area contributed by atoms with E-state index in [1.807, 2.05) is 31.3 Å². The molecule has 0 saturated heterocycles. The maximum atomic E-state index is 5.70. The highest BCUT2D eigenvalue weighted by molar-refractivity contribution is 6.01. The number of rotatable bonds is 0. The van der Waals surface area contributed by atoms with Crippen molar-refractivity contribution in [1.29, 1.82) is 0 Å². The number of fused-ring (bicyclic) bond motifs is 3. The molecule has 1 atom stereocenters. The zero-order valence-electron chi connectivity index (χ0n) is 7.32. The summed E-state index contributed by atoms with van der Waals surface area (Å²) in [6, 6.07) is 8.26. The van der Waals surface area contributed by atoms with E-state index in [-0.39, 0.29) is 6.04 Å². The van der Waals surface area contributed by atoms with Gasteiger partial charge in [0.25, 0.3) is 0 Å². The van der Waals surface area contributed by atoms with Crippen LogP contribution in [0.1, 0.15) is 24.3 Å². The first-order valence-electron chi connectivity index (χ1n) is 4.41. The van der Waals surface area contributed by atoms with E-state index in [0.29, 0.717) is 0 Å². The molecule has 2 heteroatoms. The standard InChI is InChI=1S/C11H9NO/c1-7-11-9(6-12-7)8-4-2-3-5-10(8)13-11/h2-7H,1H3. The molecular formula is C11H9NO. The quantitative estimate of drug-likeness (QED) is 0.598. The van der Waals surface area contributed by atoms with Gasteiger partial charge in [0.15, 0.2) is 0 Å². The monoisotopic (exact) mass is 171 g/mol. The Morgan fingerprint density at radius 3 is 3.08 bits per heavy atom. The first kappa shape index (κ1) is 6.89. The minimum absolute atomic E-state index is 0.183. The van der Waals surface area contributed by atoms with E-state index in [2.05, 4.69) is 11.1 Å². The van der Waals surface area contributed by atoms with Gasteiger partial charge >= 0.3 is 0 Å². The summed E-state index contributed by atoms with van der Waals surface area (Å²) in [7, 11) is 0. The number of aliphatic imine (C=N–C) groups is 1. The molecule has 1 aromatic carbocycles. The highest BCUT2D eigenvalue weighted by Gasteiger charge is 2.21. The van der Waals surface area contributed by atoms with Crippen molar-refractivity contribution in [1.82, 2.24) is 0 Å². The lowest BCUT2D eigenvalue weighted by molar-refractivity contribution is 0.520. The van der Waals surface area contributed by atoms with Gasteiger partial charge in [-0.2, -0.15) is 0 Å². The van der Waals surface area contributed by atoms with Crippen molar-refractivity contribution in [3.63, 3.8) is 0 Å². The third-order valence-corrected chi connectivity index (χ3v) is 2.47. The lowest BCUT2D eigenvalue weighted by Crippen LogP contribution is -1.80. The van der Waals surface area contributed by atoms with Crippen LogP contribution >= 0.6 is 0 Å². The molecule has 1 unspecified atom stereocenters. The van der Waals surface area contributed by atoms with Crippen LogP contribution in [0.25, 0.3) is 11.0 Å². The predicted octanol–water partition coefficient (Wildman–Crippen LogP) is 2.93. The van der Waals surface area contributed by atoms with Crippen molar-refractivity contribution in [2.75, 3.05) is 0 Å². The van der Waals surface area contributed by atoms with Crippen LogP contribution in [-0.4, -0.2) is 6.21 Å². The summed E-state index contributed by atoms with van der Waals surface area (Å²) in [5.41, 5.74) is 2.12. The van der Waals surface area contributed by atoms with Crippen molar-refractivity contribution in [2.45, 2.75) is 13.0 Å². The molecule has 0 aliphatic carbocycles. The third kappa shape index (κ3) is 0.800. The van der Waals surface area contributed by atoms with Gasteiger partial charge in [-0.1, -0.05) is 18.2 Å². The second-order valence-corrected chi connectivity index (χ2v) is 3.33. The van der Waals surface area contributed by atoms with Gasteiger partial charge in [0, 0.05) is 17.2 Å². The van der Waals surface area contributed by atoms with Gasteiger partial charge in [-0.15, -0.1) is 0 Å². The summed E-state index contributed by atoms with van der Waals surface area (Å²) in [4.78, 5) is 4.30. The Morgan fingerprint density at radius 2 is 2.15 bits per heavy atom. The first-order chi connectivity index (χ1) is 6.36. The largest absolute Gasteiger partial charge is 0.458 e. The van der Waals surface area contributed by atoms with Gasteiger partial charge < -0.3 is 4.42 Å². The zero-order valence-corrected chi connectivity index (χ0v) is 7.32. The zero-order chi connectivity index (χ0) is 8.84. The van der Waals surface area contributed by atoms with Gasteiger partial charge in [0.2, 0.25) is 0 Å². The Balaban J connectivity index is 2.44. The van der Waals surface area contributed by atoms with Crippen LogP contribution in [0.2, 0.25) is 0 Å². The SMILES string of the molecule is CC1N=Cc2c1oc1ccccc21. The summed E-state index contributed by atoms with van der Waals surface area (Å²) in [5.74, 6) is 1.00. The van der Waals surface area contributed by atoms with Crippen molar-refractivity contribution in [3.05, 3.63) is 35.6 Å². The summed E-state index contributed by atoms with van der Waals surface area (Å²) in [5, 5.41) is 1.17.